The number of nitrogens with zero attached hydrogens (tertiary/aromatic N) is 3. The fourth-order valence-electron chi connectivity index (χ4n) is 1.59. The molecule has 14 heavy (non-hydrogen) atoms. The molecule has 1 aromatic heterocycles. The van der Waals surface area contributed by atoms with Crippen LogP contribution in [0.4, 0.5) is 5.95 Å². The third-order valence-corrected chi connectivity index (χ3v) is 2.77. The van der Waals surface area contributed by atoms with E-state index < -0.39 is 0 Å². The van der Waals surface area contributed by atoms with E-state index in [-0.39, 0.29) is 0 Å². The molecule has 0 unspecified atom stereocenters. The standard InChI is InChI=1S/C9H13BrN4/c1-7-4-11-2-3-14(7)9-12-5-8(10)6-13-9/h5-7,11H,2-4H2,1H3/t7-/m0/s1. The third-order valence-electron chi connectivity index (χ3n) is 2.36. The number of anilines is 1. The molecule has 0 amide bonds. The Morgan fingerprint density at radius 3 is 2.86 bits per heavy atom. The second-order valence-corrected chi connectivity index (χ2v) is 4.36. The SMILES string of the molecule is C[C@H]1CNCCN1c1ncc(Br)cn1. The molecule has 5 heteroatoms. The van der Waals surface area contributed by atoms with Gasteiger partial charge in [-0.25, -0.2) is 9.97 Å². The normalized spacial score (nSPS) is 22.4. The zero-order valence-corrected chi connectivity index (χ0v) is 9.66. The molecule has 1 fully saturated rings. The van der Waals surface area contributed by atoms with Crippen molar-refractivity contribution in [2.45, 2.75) is 13.0 Å². The van der Waals surface area contributed by atoms with E-state index >= 15 is 0 Å². The zero-order chi connectivity index (χ0) is 9.97. The molecule has 2 heterocycles. The highest BCUT2D eigenvalue weighted by Gasteiger charge is 2.19. The van der Waals surface area contributed by atoms with Gasteiger partial charge in [0.15, 0.2) is 0 Å². The van der Waals surface area contributed by atoms with Crippen molar-refractivity contribution in [3.8, 4) is 0 Å². The lowest BCUT2D eigenvalue weighted by Gasteiger charge is -2.33. The number of rotatable bonds is 1. The molecule has 0 aliphatic carbocycles. The summed E-state index contributed by atoms with van der Waals surface area (Å²) in [4.78, 5) is 10.8. The zero-order valence-electron chi connectivity index (χ0n) is 8.07. The molecule has 4 nitrogen and oxygen atoms in total. The lowest BCUT2D eigenvalue weighted by atomic mass is 10.2. The molecule has 0 bridgehead atoms. The van der Waals surface area contributed by atoms with Crippen molar-refractivity contribution in [1.82, 2.24) is 15.3 Å². The number of aromatic nitrogens is 2. The van der Waals surface area contributed by atoms with Gasteiger partial charge in [0.05, 0.1) is 4.47 Å². The molecule has 1 saturated heterocycles. The van der Waals surface area contributed by atoms with Crippen molar-refractivity contribution in [3.63, 3.8) is 0 Å². The molecule has 0 radical (unpaired) electrons. The molecule has 0 saturated carbocycles. The van der Waals surface area contributed by atoms with Gasteiger partial charge in [-0.15, -0.1) is 0 Å². The van der Waals surface area contributed by atoms with Crippen LogP contribution in [0, 0.1) is 0 Å². The van der Waals surface area contributed by atoms with Gasteiger partial charge in [0, 0.05) is 38.1 Å². The van der Waals surface area contributed by atoms with Crippen LogP contribution in [0.5, 0.6) is 0 Å². The summed E-state index contributed by atoms with van der Waals surface area (Å²) in [5, 5.41) is 3.34. The minimum atomic E-state index is 0.463. The quantitative estimate of drug-likeness (QED) is 0.816. The van der Waals surface area contributed by atoms with Crippen LogP contribution in [0.3, 0.4) is 0 Å². The predicted octanol–water partition coefficient (Wildman–Crippen LogP) is 1.04. The Morgan fingerprint density at radius 1 is 1.50 bits per heavy atom. The Morgan fingerprint density at radius 2 is 2.21 bits per heavy atom. The second kappa shape index (κ2) is 4.23. The van der Waals surface area contributed by atoms with E-state index in [1.54, 1.807) is 12.4 Å². The lowest BCUT2D eigenvalue weighted by molar-refractivity contribution is 0.493. The summed E-state index contributed by atoms with van der Waals surface area (Å²) in [6.45, 7) is 5.16. The van der Waals surface area contributed by atoms with Gasteiger partial charge in [0.2, 0.25) is 5.95 Å². The molecule has 1 N–H and O–H groups in total. The molecular weight excluding hydrogens is 244 g/mol. The van der Waals surface area contributed by atoms with Gasteiger partial charge in [0.1, 0.15) is 0 Å². The summed E-state index contributed by atoms with van der Waals surface area (Å²) >= 11 is 3.33. The van der Waals surface area contributed by atoms with E-state index in [0.29, 0.717) is 6.04 Å². The number of hydrogen-bond acceptors (Lipinski definition) is 4. The van der Waals surface area contributed by atoms with Gasteiger partial charge in [-0.2, -0.15) is 0 Å². The maximum Gasteiger partial charge on any atom is 0.225 e. The summed E-state index contributed by atoms with van der Waals surface area (Å²) in [5.41, 5.74) is 0. The van der Waals surface area contributed by atoms with Crippen LogP contribution in [-0.2, 0) is 0 Å². The van der Waals surface area contributed by atoms with E-state index in [9.17, 15) is 0 Å². The Bertz CT molecular complexity index is 300. The van der Waals surface area contributed by atoms with Crippen LogP contribution in [0.2, 0.25) is 0 Å². The van der Waals surface area contributed by atoms with Crippen LogP contribution in [0.1, 0.15) is 6.92 Å². The van der Waals surface area contributed by atoms with Gasteiger partial charge in [-0.05, 0) is 22.9 Å². The van der Waals surface area contributed by atoms with Crippen molar-refractivity contribution in [3.05, 3.63) is 16.9 Å². The Balaban J connectivity index is 2.16. The van der Waals surface area contributed by atoms with Crippen molar-refractivity contribution in [2.75, 3.05) is 24.5 Å². The van der Waals surface area contributed by atoms with Crippen molar-refractivity contribution >= 4 is 21.9 Å². The minimum absolute atomic E-state index is 0.463. The van der Waals surface area contributed by atoms with E-state index in [1.807, 2.05) is 0 Å². The molecule has 2 rings (SSSR count). The van der Waals surface area contributed by atoms with Crippen LogP contribution in [0.25, 0.3) is 0 Å². The first-order chi connectivity index (χ1) is 6.77. The fraction of sp³-hybridized carbons (Fsp3) is 0.556. The van der Waals surface area contributed by atoms with Crippen molar-refractivity contribution < 1.29 is 0 Å². The highest BCUT2D eigenvalue weighted by Crippen LogP contribution is 2.14. The maximum absolute atomic E-state index is 4.29. The fourth-order valence-corrected chi connectivity index (χ4v) is 1.80. The van der Waals surface area contributed by atoms with E-state index in [2.05, 4.69) is 43.0 Å². The van der Waals surface area contributed by atoms with E-state index in [4.69, 9.17) is 0 Å². The van der Waals surface area contributed by atoms with Crippen LogP contribution < -0.4 is 10.2 Å². The molecule has 1 aromatic rings. The minimum Gasteiger partial charge on any atom is -0.336 e. The average molecular weight is 257 g/mol. The summed E-state index contributed by atoms with van der Waals surface area (Å²) < 4.78 is 0.920. The Labute approximate surface area is 91.9 Å². The highest BCUT2D eigenvalue weighted by molar-refractivity contribution is 9.10. The molecule has 0 aromatic carbocycles. The summed E-state index contributed by atoms with van der Waals surface area (Å²) in [7, 11) is 0. The van der Waals surface area contributed by atoms with Crippen LogP contribution >= 0.6 is 15.9 Å². The molecule has 1 aliphatic rings. The van der Waals surface area contributed by atoms with Crippen molar-refractivity contribution in [2.24, 2.45) is 0 Å². The van der Waals surface area contributed by atoms with Crippen LogP contribution in [0.15, 0.2) is 16.9 Å². The van der Waals surface area contributed by atoms with Crippen molar-refractivity contribution in [1.29, 1.82) is 0 Å². The van der Waals surface area contributed by atoms with Gasteiger partial charge < -0.3 is 10.2 Å². The average Bonchev–Trinajstić information content (AvgIpc) is 2.20. The van der Waals surface area contributed by atoms with Gasteiger partial charge >= 0.3 is 0 Å². The van der Waals surface area contributed by atoms with Gasteiger partial charge in [-0.3, -0.25) is 0 Å². The Hall–Kier alpha value is -0.680. The molecular formula is C9H13BrN4. The number of piperazine rings is 1. The number of hydrogen-bond donors (Lipinski definition) is 1. The van der Waals surface area contributed by atoms with Gasteiger partial charge in [-0.1, -0.05) is 0 Å². The third kappa shape index (κ3) is 2.04. The first-order valence-corrected chi connectivity index (χ1v) is 5.51. The molecule has 76 valence electrons. The summed E-state index contributed by atoms with van der Waals surface area (Å²) in [6.07, 6.45) is 3.58. The van der Waals surface area contributed by atoms with Crippen LogP contribution in [-0.4, -0.2) is 35.6 Å². The monoisotopic (exact) mass is 256 g/mol. The lowest BCUT2D eigenvalue weighted by Crippen LogP contribution is -2.50. The smallest absolute Gasteiger partial charge is 0.225 e. The highest BCUT2D eigenvalue weighted by atomic mass is 79.9. The first kappa shape index (κ1) is 9.86. The Kier molecular flexibility index (Phi) is 2.98. The molecule has 1 atom stereocenters. The van der Waals surface area contributed by atoms with Gasteiger partial charge in [0.25, 0.3) is 0 Å². The largest absolute Gasteiger partial charge is 0.336 e. The maximum atomic E-state index is 4.29. The predicted molar refractivity (Wildman–Crippen MR) is 59.4 cm³/mol. The summed E-state index contributed by atoms with van der Waals surface area (Å²) in [5.74, 6) is 0.821. The number of nitrogens with one attached hydrogen (secondary N) is 1. The first-order valence-electron chi connectivity index (χ1n) is 4.72. The summed E-state index contributed by atoms with van der Waals surface area (Å²) in [6, 6.07) is 0.463. The molecule has 1 aliphatic heterocycles. The topological polar surface area (TPSA) is 41.0 Å². The second-order valence-electron chi connectivity index (χ2n) is 3.45. The van der Waals surface area contributed by atoms with E-state index in [1.165, 1.54) is 0 Å². The van der Waals surface area contributed by atoms with E-state index in [0.717, 1.165) is 30.1 Å². The number of halogens is 1. The molecule has 0 spiro atoms.